The Bertz CT molecular complexity index is 1480. The molecule has 7 heteroatoms. The van der Waals surface area contributed by atoms with Crippen LogP contribution in [0, 0.1) is 35.0 Å². The summed E-state index contributed by atoms with van der Waals surface area (Å²) in [7, 11) is -3.53. The van der Waals surface area contributed by atoms with Crippen LogP contribution in [0.1, 0.15) is 51.0 Å². The van der Waals surface area contributed by atoms with Gasteiger partial charge in [0.05, 0.1) is 21.3 Å². The first-order valence-electron chi connectivity index (χ1n) is 15.6. The van der Waals surface area contributed by atoms with E-state index in [-0.39, 0.29) is 10.3 Å². The standard InChI is InChI=1S/C35H42N4O2S/c1-2-28-7-6-10-34(28)35(26-36,29-8-4-3-5-9-29)30-17-21-38(22-18-30)23-27-24-39(25-27)31-11-13-32(14-12-31)42(40,41)33-15-19-37-20-16-33/h3-5,8-9,11-16,19-20,27-28,30,34H,2,6-7,10,17-18,21-25H2,1H3. The van der Waals surface area contributed by atoms with Crippen LogP contribution in [0.2, 0.25) is 0 Å². The summed E-state index contributed by atoms with van der Waals surface area (Å²) in [5.41, 5.74) is 1.93. The van der Waals surface area contributed by atoms with Crippen molar-refractivity contribution in [3.63, 3.8) is 0 Å². The molecule has 1 aromatic heterocycles. The van der Waals surface area contributed by atoms with Crippen LogP contribution in [0.4, 0.5) is 5.69 Å². The van der Waals surface area contributed by atoms with E-state index in [0.29, 0.717) is 28.6 Å². The molecule has 3 unspecified atom stereocenters. The minimum Gasteiger partial charge on any atom is -0.371 e. The van der Waals surface area contributed by atoms with Crippen LogP contribution in [0.15, 0.2) is 88.9 Å². The largest absolute Gasteiger partial charge is 0.371 e. The number of sulfone groups is 1. The van der Waals surface area contributed by atoms with Gasteiger partial charge in [0, 0.05) is 43.6 Å². The van der Waals surface area contributed by atoms with Crippen molar-refractivity contribution in [2.75, 3.05) is 37.6 Å². The lowest BCUT2D eigenvalue weighted by Crippen LogP contribution is -2.54. The van der Waals surface area contributed by atoms with Gasteiger partial charge in [0.1, 0.15) is 0 Å². The molecule has 1 saturated carbocycles. The number of anilines is 1. The number of hydrogen-bond acceptors (Lipinski definition) is 6. The van der Waals surface area contributed by atoms with Crippen molar-refractivity contribution in [1.82, 2.24) is 9.88 Å². The molecule has 2 aromatic carbocycles. The molecular formula is C35H42N4O2S. The Morgan fingerprint density at radius 2 is 1.57 bits per heavy atom. The minimum atomic E-state index is -3.53. The topological polar surface area (TPSA) is 77.3 Å². The number of pyridine rings is 1. The highest BCUT2D eigenvalue weighted by Crippen LogP contribution is 2.53. The van der Waals surface area contributed by atoms with Gasteiger partial charge in [-0.15, -0.1) is 0 Å². The van der Waals surface area contributed by atoms with Crippen molar-refractivity contribution in [3.8, 4) is 6.07 Å². The number of nitrogens with zero attached hydrogens (tertiary/aromatic N) is 4. The first kappa shape index (κ1) is 28.9. The van der Waals surface area contributed by atoms with E-state index in [0.717, 1.165) is 51.3 Å². The van der Waals surface area contributed by atoms with Gasteiger partial charge in [0.15, 0.2) is 0 Å². The van der Waals surface area contributed by atoms with Crippen LogP contribution < -0.4 is 4.90 Å². The minimum absolute atomic E-state index is 0.266. The quantitative estimate of drug-likeness (QED) is 0.293. The van der Waals surface area contributed by atoms with Gasteiger partial charge in [-0.05, 0) is 92.1 Å². The highest BCUT2D eigenvalue weighted by molar-refractivity contribution is 7.91. The molecule has 2 saturated heterocycles. The van der Waals surface area contributed by atoms with E-state index in [2.05, 4.69) is 58.1 Å². The average molecular weight is 583 g/mol. The zero-order valence-corrected chi connectivity index (χ0v) is 25.4. The summed E-state index contributed by atoms with van der Waals surface area (Å²) in [6.07, 6.45) is 10.0. The van der Waals surface area contributed by atoms with E-state index in [9.17, 15) is 13.7 Å². The predicted octanol–water partition coefficient (Wildman–Crippen LogP) is 6.35. The molecule has 0 spiro atoms. The third kappa shape index (κ3) is 5.36. The zero-order valence-electron chi connectivity index (χ0n) is 24.6. The molecule has 0 radical (unpaired) electrons. The molecule has 220 valence electrons. The molecule has 1 aliphatic carbocycles. The van der Waals surface area contributed by atoms with Gasteiger partial charge in [0.25, 0.3) is 0 Å². The van der Waals surface area contributed by atoms with Gasteiger partial charge >= 0.3 is 0 Å². The van der Waals surface area contributed by atoms with Crippen molar-refractivity contribution < 1.29 is 8.42 Å². The Morgan fingerprint density at radius 3 is 2.21 bits per heavy atom. The van der Waals surface area contributed by atoms with Gasteiger partial charge in [-0.2, -0.15) is 5.26 Å². The van der Waals surface area contributed by atoms with E-state index in [1.54, 1.807) is 12.1 Å². The number of aromatic nitrogens is 1. The molecule has 3 aliphatic rings. The van der Waals surface area contributed by atoms with E-state index in [4.69, 9.17) is 0 Å². The summed E-state index contributed by atoms with van der Waals surface area (Å²) in [5, 5.41) is 10.9. The molecule has 6 rings (SSSR count). The molecule has 3 fully saturated rings. The number of rotatable bonds is 9. The molecule has 6 nitrogen and oxygen atoms in total. The summed E-state index contributed by atoms with van der Waals surface area (Å²) >= 11 is 0. The van der Waals surface area contributed by atoms with Crippen LogP contribution in [-0.2, 0) is 15.3 Å². The Kier molecular flexibility index (Phi) is 8.38. The van der Waals surface area contributed by atoms with Crippen molar-refractivity contribution in [2.45, 2.75) is 60.7 Å². The fraction of sp³-hybridized carbons (Fsp3) is 0.486. The Balaban J connectivity index is 1.05. The van der Waals surface area contributed by atoms with Crippen LogP contribution in [-0.4, -0.2) is 51.0 Å². The molecule has 0 bridgehead atoms. The molecule has 3 atom stereocenters. The summed E-state index contributed by atoms with van der Waals surface area (Å²) in [4.78, 5) is 9.45. The van der Waals surface area contributed by atoms with Gasteiger partial charge in [-0.1, -0.05) is 56.5 Å². The number of piperidine rings is 1. The molecular weight excluding hydrogens is 540 g/mol. The van der Waals surface area contributed by atoms with Crippen LogP contribution in [0.5, 0.6) is 0 Å². The molecule has 0 N–H and O–H groups in total. The Labute approximate surface area is 251 Å². The van der Waals surface area contributed by atoms with Gasteiger partial charge < -0.3 is 9.80 Å². The maximum atomic E-state index is 12.9. The molecule has 2 aliphatic heterocycles. The first-order valence-corrected chi connectivity index (χ1v) is 17.1. The van der Waals surface area contributed by atoms with Gasteiger partial charge in [-0.25, -0.2) is 8.42 Å². The monoisotopic (exact) mass is 582 g/mol. The summed E-state index contributed by atoms with van der Waals surface area (Å²) in [6.45, 7) is 7.49. The highest BCUT2D eigenvalue weighted by atomic mass is 32.2. The van der Waals surface area contributed by atoms with Crippen molar-refractivity contribution >= 4 is 15.5 Å². The molecule has 3 aromatic rings. The van der Waals surface area contributed by atoms with E-state index in [1.807, 2.05) is 12.1 Å². The second kappa shape index (κ2) is 12.2. The second-order valence-corrected chi connectivity index (χ2v) is 14.5. The first-order chi connectivity index (χ1) is 20.5. The third-order valence-corrected chi connectivity index (χ3v) is 12.2. The number of nitriles is 1. The lowest BCUT2D eigenvalue weighted by molar-refractivity contribution is 0.0901. The summed E-state index contributed by atoms with van der Waals surface area (Å²) < 4.78 is 25.8. The van der Waals surface area contributed by atoms with E-state index < -0.39 is 9.84 Å². The highest BCUT2D eigenvalue weighted by Gasteiger charge is 2.51. The van der Waals surface area contributed by atoms with E-state index >= 15 is 0 Å². The number of benzene rings is 2. The van der Waals surface area contributed by atoms with Crippen LogP contribution >= 0.6 is 0 Å². The van der Waals surface area contributed by atoms with Crippen molar-refractivity contribution in [1.29, 1.82) is 5.26 Å². The lowest BCUT2D eigenvalue weighted by Gasteiger charge is -2.48. The number of likely N-dealkylation sites (tertiary alicyclic amines) is 1. The Hall–Kier alpha value is -3.21. The molecule has 3 heterocycles. The Morgan fingerprint density at radius 1 is 0.905 bits per heavy atom. The molecule has 42 heavy (non-hydrogen) atoms. The summed E-state index contributed by atoms with van der Waals surface area (Å²) in [5.74, 6) is 2.11. The summed E-state index contributed by atoms with van der Waals surface area (Å²) in [6, 6.07) is 24.0. The predicted molar refractivity (Wildman–Crippen MR) is 166 cm³/mol. The SMILES string of the molecule is CCC1CCCC1C(C#N)(c1ccccc1)C1CCN(CC2CN(c3ccc(S(=O)(=O)c4ccncc4)cc3)C2)CC1. The maximum absolute atomic E-state index is 12.9. The van der Waals surface area contributed by atoms with Crippen LogP contribution in [0.25, 0.3) is 0 Å². The van der Waals surface area contributed by atoms with Gasteiger partial charge in [-0.3, -0.25) is 4.98 Å². The lowest BCUT2D eigenvalue weighted by atomic mass is 9.58. The van der Waals surface area contributed by atoms with Crippen LogP contribution in [0.3, 0.4) is 0 Å². The zero-order chi connectivity index (χ0) is 29.2. The molecule has 0 amide bonds. The average Bonchev–Trinajstić information content (AvgIpc) is 3.50. The van der Waals surface area contributed by atoms with E-state index in [1.165, 1.54) is 55.8 Å². The third-order valence-electron chi connectivity index (χ3n) is 10.4. The fourth-order valence-electron chi connectivity index (χ4n) is 8.15. The smallest absolute Gasteiger partial charge is 0.206 e. The van der Waals surface area contributed by atoms with Crippen molar-refractivity contribution in [2.24, 2.45) is 23.7 Å². The number of hydrogen-bond donors (Lipinski definition) is 0. The van der Waals surface area contributed by atoms with Crippen molar-refractivity contribution in [3.05, 3.63) is 84.7 Å². The normalized spacial score (nSPS) is 23.7. The van der Waals surface area contributed by atoms with Gasteiger partial charge in [0.2, 0.25) is 9.84 Å². The maximum Gasteiger partial charge on any atom is 0.206 e. The second-order valence-electron chi connectivity index (χ2n) is 12.6. The fourth-order valence-corrected chi connectivity index (χ4v) is 9.40.